The monoisotopic (exact) mass is 316 g/mol. The molecule has 0 aliphatic carbocycles. The minimum Gasteiger partial charge on any atom is -0.480 e. The van der Waals surface area contributed by atoms with Crippen LogP contribution in [0.2, 0.25) is 0 Å². The Morgan fingerprint density at radius 3 is 2.65 bits per heavy atom. The van der Waals surface area contributed by atoms with Crippen molar-refractivity contribution in [2.24, 2.45) is 5.92 Å². The summed E-state index contributed by atoms with van der Waals surface area (Å²) in [5.41, 5.74) is 0.945. The molecule has 1 unspecified atom stereocenters. The number of amides is 1. The fourth-order valence-electron chi connectivity index (χ4n) is 2.27. The van der Waals surface area contributed by atoms with Crippen LogP contribution in [0.25, 0.3) is 5.82 Å². The van der Waals surface area contributed by atoms with E-state index in [1.807, 2.05) is 19.9 Å². The first kappa shape index (κ1) is 16.7. The molecule has 0 saturated heterocycles. The zero-order valence-corrected chi connectivity index (χ0v) is 13.4. The van der Waals surface area contributed by atoms with Crippen molar-refractivity contribution in [3.8, 4) is 5.82 Å². The second-order valence-electron chi connectivity index (χ2n) is 5.74. The highest BCUT2D eigenvalue weighted by molar-refractivity contribution is 5.97. The number of carboxylic acid groups (broad SMARTS) is 1. The van der Waals surface area contributed by atoms with Crippen LogP contribution in [0, 0.1) is 12.8 Å². The number of nitrogens with zero attached hydrogens (tertiary/aromatic N) is 3. The molecular weight excluding hydrogens is 296 g/mol. The van der Waals surface area contributed by atoms with Gasteiger partial charge in [-0.25, -0.2) is 14.5 Å². The third-order valence-electron chi connectivity index (χ3n) is 3.43. The van der Waals surface area contributed by atoms with Crippen molar-refractivity contribution < 1.29 is 14.7 Å². The number of aromatic nitrogens is 3. The summed E-state index contributed by atoms with van der Waals surface area (Å²) in [6, 6.07) is 4.48. The molecule has 0 radical (unpaired) electrons. The minimum absolute atomic E-state index is 0.161. The zero-order valence-electron chi connectivity index (χ0n) is 13.4. The molecule has 0 saturated carbocycles. The lowest BCUT2D eigenvalue weighted by molar-refractivity contribution is -0.139. The number of aliphatic carboxylic acids is 1. The number of carbonyl (C=O) groups excluding carboxylic acids is 1. The molecule has 23 heavy (non-hydrogen) atoms. The summed E-state index contributed by atoms with van der Waals surface area (Å²) < 4.78 is 1.55. The quantitative estimate of drug-likeness (QED) is 0.847. The Morgan fingerprint density at radius 1 is 1.35 bits per heavy atom. The van der Waals surface area contributed by atoms with Gasteiger partial charge in [-0.1, -0.05) is 19.9 Å². The minimum atomic E-state index is -1.04. The second kappa shape index (κ2) is 7.04. The second-order valence-corrected chi connectivity index (χ2v) is 5.74. The van der Waals surface area contributed by atoms with Crippen molar-refractivity contribution in [3.05, 3.63) is 41.9 Å². The van der Waals surface area contributed by atoms with E-state index in [1.165, 1.54) is 6.20 Å². The van der Waals surface area contributed by atoms with Gasteiger partial charge in [0, 0.05) is 6.20 Å². The Labute approximate surface area is 134 Å². The molecule has 7 nitrogen and oxygen atoms in total. The molecule has 122 valence electrons. The lowest BCUT2D eigenvalue weighted by Gasteiger charge is -2.16. The molecule has 0 aliphatic heterocycles. The van der Waals surface area contributed by atoms with Crippen LogP contribution in [-0.2, 0) is 4.79 Å². The highest BCUT2D eigenvalue weighted by atomic mass is 16.4. The van der Waals surface area contributed by atoms with Gasteiger partial charge in [-0.2, -0.15) is 5.10 Å². The topological polar surface area (TPSA) is 97.1 Å². The fourth-order valence-corrected chi connectivity index (χ4v) is 2.27. The van der Waals surface area contributed by atoms with Gasteiger partial charge in [0.1, 0.15) is 6.04 Å². The van der Waals surface area contributed by atoms with Crippen molar-refractivity contribution in [1.29, 1.82) is 0 Å². The molecule has 2 aromatic heterocycles. The van der Waals surface area contributed by atoms with Crippen molar-refractivity contribution in [2.45, 2.75) is 33.2 Å². The molecule has 2 rings (SSSR count). The van der Waals surface area contributed by atoms with E-state index in [0.717, 1.165) is 0 Å². The normalized spacial score (nSPS) is 12.2. The molecule has 0 aromatic carbocycles. The summed E-state index contributed by atoms with van der Waals surface area (Å²) in [6.45, 7) is 5.56. The van der Waals surface area contributed by atoms with Gasteiger partial charge in [-0.15, -0.1) is 0 Å². The maximum Gasteiger partial charge on any atom is 0.326 e. The fraction of sp³-hybridized carbons (Fsp3) is 0.375. The predicted octanol–water partition coefficient (Wildman–Crippen LogP) is 1.80. The number of carbonyl (C=O) groups is 2. The first-order valence-electron chi connectivity index (χ1n) is 7.39. The SMILES string of the molecule is Cc1c(C(=O)NC(CC(C)C)C(=O)O)cnn1-c1ccccn1. The first-order chi connectivity index (χ1) is 10.9. The summed E-state index contributed by atoms with van der Waals surface area (Å²) in [5, 5.41) is 15.9. The largest absolute Gasteiger partial charge is 0.480 e. The van der Waals surface area contributed by atoms with Crippen molar-refractivity contribution >= 4 is 11.9 Å². The molecule has 7 heteroatoms. The number of rotatable bonds is 6. The number of hydrogen-bond donors (Lipinski definition) is 2. The number of carboxylic acids is 1. The van der Waals surface area contributed by atoms with Crippen LogP contribution in [0.3, 0.4) is 0 Å². The molecule has 1 atom stereocenters. The van der Waals surface area contributed by atoms with E-state index in [2.05, 4.69) is 15.4 Å². The number of hydrogen-bond acceptors (Lipinski definition) is 4. The third-order valence-corrected chi connectivity index (χ3v) is 3.43. The molecule has 2 N–H and O–H groups in total. The smallest absolute Gasteiger partial charge is 0.326 e. The van der Waals surface area contributed by atoms with Crippen LogP contribution in [-0.4, -0.2) is 37.8 Å². The average Bonchev–Trinajstić information content (AvgIpc) is 2.88. The first-order valence-corrected chi connectivity index (χ1v) is 7.39. The highest BCUT2D eigenvalue weighted by Crippen LogP contribution is 2.13. The molecule has 0 aliphatic rings. The van der Waals surface area contributed by atoms with Gasteiger partial charge in [-0.3, -0.25) is 4.79 Å². The summed E-state index contributed by atoms with van der Waals surface area (Å²) >= 11 is 0. The van der Waals surface area contributed by atoms with E-state index in [0.29, 0.717) is 23.5 Å². The van der Waals surface area contributed by atoms with Crippen LogP contribution < -0.4 is 5.32 Å². The van der Waals surface area contributed by atoms with E-state index >= 15 is 0 Å². The van der Waals surface area contributed by atoms with E-state index in [9.17, 15) is 14.7 Å². The maximum atomic E-state index is 12.4. The van der Waals surface area contributed by atoms with Crippen LogP contribution in [0.4, 0.5) is 0 Å². The van der Waals surface area contributed by atoms with Crippen LogP contribution in [0.5, 0.6) is 0 Å². The maximum absolute atomic E-state index is 12.4. The van der Waals surface area contributed by atoms with Gasteiger partial charge in [0.25, 0.3) is 5.91 Å². The van der Waals surface area contributed by atoms with Crippen molar-refractivity contribution in [1.82, 2.24) is 20.1 Å². The lowest BCUT2D eigenvalue weighted by Crippen LogP contribution is -2.41. The summed E-state index contributed by atoms with van der Waals surface area (Å²) in [4.78, 5) is 27.8. The Kier molecular flexibility index (Phi) is 5.10. The Morgan fingerprint density at radius 2 is 2.09 bits per heavy atom. The Balaban J connectivity index is 2.20. The van der Waals surface area contributed by atoms with Gasteiger partial charge in [0.2, 0.25) is 0 Å². The highest BCUT2D eigenvalue weighted by Gasteiger charge is 2.24. The van der Waals surface area contributed by atoms with Crippen LogP contribution in [0.1, 0.15) is 36.3 Å². The molecule has 0 bridgehead atoms. The average molecular weight is 316 g/mol. The van der Waals surface area contributed by atoms with E-state index in [-0.39, 0.29) is 5.92 Å². The molecule has 1 amide bonds. The van der Waals surface area contributed by atoms with E-state index in [4.69, 9.17) is 0 Å². The molecule has 0 fully saturated rings. The van der Waals surface area contributed by atoms with Gasteiger partial charge in [0.05, 0.1) is 17.5 Å². The lowest BCUT2D eigenvalue weighted by atomic mass is 10.0. The van der Waals surface area contributed by atoms with Gasteiger partial charge < -0.3 is 10.4 Å². The van der Waals surface area contributed by atoms with Crippen molar-refractivity contribution in [3.63, 3.8) is 0 Å². The summed E-state index contributed by atoms with van der Waals surface area (Å²) in [5.74, 6) is -0.727. The predicted molar refractivity (Wildman–Crippen MR) is 84.4 cm³/mol. The molecule has 2 heterocycles. The number of pyridine rings is 1. The van der Waals surface area contributed by atoms with Gasteiger partial charge in [-0.05, 0) is 31.4 Å². The van der Waals surface area contributed by atoms with Crippen LogP contribution >= 0.6 is 0 Å². The molecule has 0 spiro atoms. The Bertz CT molecular complexity index is 695. The Hall–Kier alpha value is -2.70. The summed E-state index contributed by atoms with van der Waals surface area (Å²) in [7, 11) is 0. The number of nitrogens with one attached hydrogen (secondary N) is 1. The van der Waals surface area contributed by atoms with Gasteiger partial charge >= 0.3 is 5.97 Å². The molecule has 2 aromatic rings. The third kappa shape index (κ3) is 3.94. The van der Waals surface area contributed by atoms with E-state index < -0.39 is 17.9 Å². The van der Waals surface area contributed by atoms with Gasteiger partial charge in [0.15, 0.2) is 5.82 Å². The molecular formula is C16H20N4O3. The summed E-state index contributed by atoms with van der Waals surface area (Å²) in [6.07, 6.45) is 3.43. The van der Waals surface area contributed by atoms with Crippen molar-refractivity contribution in [2.75, 3.05) is 0 Å². The van der Waals surface area contributed by atoms with Crippen LogP contribution in [0.15, 0.2) is 30.6 Å². The van der Waals surface area contributed by atoms with E-state index in [1.54, 1.807) is 29.9 Å². The standard InChI is InChI=1S/C16H20N4O3/c1-10(2)8-13(16(22)23)19-15(21)12-9-18-20(11(12)3)14-6-4-5-7-17-14/h4-7,9-10,13H,8H2,1-3H3,(H,19,21)(H,22,23). The zero-order chi connectivity index (χ0) is 17.0.